The van der Waals surface area contributed by atoms with Crippen LogP contribution in [-0.2, 0) is 4.79 Å². The van der Waals surface area contributed by atoms with E-state index in [1.165, 1.54) is 32.1 Å². The number of unbranched alkanes of at least 4 members (excludes halogenated alkanes) is 6. The summed E-state index contributed by atoms with van der Waals surface area (Å²) in [5, 5.41) is 33.0. The van der Waals surface area contributed by atoms with Gasteiger partial charge in [-0.05, 0) is 19.4 Å². The molecule has 0 radical (unpaired) electrons. The van der Waals surface area contributed by atoms with E-state index in [0.717, 1.165) is 19.3 Å². The zero-order valence-corrected chi connectivity index (χ0v) is 16.0. The number of aliphatic hydroxyl groups excluding tert-OH is 3. The maximum atomic E-state index is 12.0. The molecule has 148 valence electrons. The molecule has 0 unspecified atom stereocenters. The SMILES string of the molecule is CCCCCCCCCN1[C@H](CC(=O)NCCC)[C@H](O)[C@H](O)[C@H]1CO. The van der Waals surface area contributed by atoms with Crippen molar-refractivity contribution in [1.82, 2.24) is 10.2 Å². The minimum Gasteiger partial charge on any atom is -0.395 e. The molecule has 0 aromatic heterocycles. The van der Waals surface area contributed by atoms with Crippen molar-refractivity contribution in [3.63, 3.8) is 0 Å². The van der Waals surface area contributed by atoms with Crippen LogP contribution in [0.4, 0.5) is 0 Å². The van der Waals surface area contributed by atoms with Crippen LogP contribution >= 0.6 is 0 Å². The predicted octanol–water partition coefficient (Wildman–Crippen LogP) is 1.42. The molecule has 0 spiro atoms. The van der Waals surface area contributed by atoms with E-state index >= 15 is 0 Å². The molecule has 1 fully saturated rings. The summed E-state index contributed by atoms with van der Waals surface area (Å²) >= 11 is 0. The monoisotopic (exact) mass is 358 g/mol. The Bertz CT molecular complexity index is 367. The Hall–Kier alpha value is -0.690. The topological polar surface area (TPSA) is 93.0 Å². The summed E-state index contributed by atoms with van der Waals surface area (Å²) in [7, 11) is 0. The Morgan fingerprint density at radius 1 is 0.920 bits per heavy atom. The largest absolute Gasteiger partial charge is 0.395 e. The maximum Gasteiger partial charge on any atom is 0.221 e. The Morgan fingerprint density at radius 2 is 1.52 bits per heavy atom. The van der Waals surface area contributed by atoms with Gasteiger partial charge < -0.3 is 20.6 Å². The van der Waals surface area contributed by atoms with Crippen molar-refractivity contribution in [2.24, 2.45) is 0 Å². The van der Waals surface area contributed by atoms with Crippen molar-refractivity contribution in [3.8, 4) is 0 Å². The van der Waals surface area contributed by atoms with E-state index in [0.29, 0.717) is 13.1 Å². The molecule has 0 saturated carbocycles. The molecule has 1 rings (SSSR count). The second-order valence-electron chi connectivity index (χ2n) is 7.21. The number of amides is 1. The number of likely N-dealkylation sites (tertiary alicyclic amines) is 1. The quantitative estimate of drug-likeness (QED) is 0.374. The maximum absolute atomic E-state index is 12.0. The van der Waals surface area contributed by atoms with Crippen molar-refractivity contribution in [2.75, 3.05) is 19.7 Å². The zero-order valence-electron chi connectivity index (χ0n) is 16.0. The zero-order chi connectivity index (χ0) is 18.7. The molecule has 6 nitrogen and oxygen atoms in total. The van der Waals surface area contributed by atoms with Crippen LogP contribution in [-0.4, -0.2) is 70.1 Å². The highest BCUT2D eigenvalue weighted by Crippen LogP contribution is 2.28. The Labute approximate surface area is 152 Å². The second-order valence-corrected chi connectivity index (χ2v) is 7.21. The molecule has 1 saturated heterocycles. The lowest BCUT2D eigenvalue weighted by molar-refractivity contribution is -0.123. The third-order valence-electron chi connectivity index (χ3n) is 5.16. The third kappa shape index (κ3) is 7.21. The van der Waals surface area contributed by atoms with Gasteiger partial charge in [-0.1, -0.05) is 52.4 Å². The van der Waals surface area contributed by atoms with Crippen LogP contribution in [0.5, 0.6) is 0 Å². The van der Waals surface area contributed by atoms with E-state index in [1.54, 1.807) is 0 Å². The molecule has 25 heavy (non-hydrogen) atoms. The number of hydrogen-bond acceptors (Lipinski definition) is 5. The van der Waals surface area contributed by atoms with Gasteiger partial charge in [0.1, 0.15) is 0 Å². The molecule has 4 N–H and O–H groups in total. The van der Waals surface area contributed by atoms with Crippen molar-refractivity contribution < 1.29 is 20.1 Å². The highest BCUT2D eigenvalue weighted by atomic mass is 16.3. The van der Waals surface area contributed by atoms with Crippen LogP contribution in [0.3, 0.4) is 0 Å². The van der Waals surface area contributed by atoms with Crippen molar-refractivity contribution in [3.05, 3.63) is 0 Å². The normalized spacial score (nSPS) is 26.9. The van der Waals surface area contributed by atoms with Gasteiger partial charge in [-0.15, -0.1) is 0 Å². The number of carbonyl (C=O) groups is 1. The molecule has 0 aromatic carbocycles. The molecule has 1 aliphatic rings. The van der Waals surface area contributed by atoms with Crippen molar-refractivity contribution in [1.29, 1.82) is 0 Å². The lowest BCUT2D eigenvalue weighted by Gasteiger charge is -2.29. The van der Waals surface area contributed by atoms with Gasteiger partial charge in [-0.3, -0.25) is 9.69 Å². The first-order chi connectivity index (χ1) is 12.1. The fraction of sp³-hybridized carbons (Fsp3) is 0.947. The van der Waals surface area contributed by atoms with E-state index in [2.05, 4.69) is 12.2 Å². The molecule has 1 amide bonds. The first kappa shape index (κ1) is 22.4. The van der Waals surface area contributed by atoms with Gasteiger partial charge in [0, 0.05) is 19.0 Å². The molecule has 0 aliphatic carbocycles. The molecule has 6 heteroatoms. The van der Waals surface area contributed by atoms with E-state index in [-0.39, 0.29) is 18.9 Å². The molecule has 0 aromatic rings. The van der Waals surface area contributed by atoms with E-state index < -0.39 is 24.3 Å². The van der Waals surface area contributed by atoms with Crippen LogP contribution in [0.2, 0.25) is 0 Å². The van der Waals surface area contributed by atoms with Gasteiger partial charge in [-0.2, -0.15) is 0 Å². The molecule has 4 atom stereocenters. The van der Waals surface area contributed by atoms with Gasteiger partial charge in [0.15, 0.2) is 0 Å². The molecule has 1 aliphatic heterocycles. The van der Waals surface area contributed by atoms with Gasteiger partial charge in [0.05, 0.1) is 24.9 Å². The molecular formula is C19H38N2O4. The lowest BCUT2D eigenvalue weighted by atomic mass is 10.1. The number of rotatable bonds is 13. The minimum absolute atomic E-state index is 0.110. The summed E-state index contributed by atoms with van der Waals surface area (Å²) in [5.41, 5.74) is 0. The van der Waals surface area contributed by atoms with Crippen molar-refractivity contribution in [2.45, 2.75) is 95.9 Å². The predicted molar refractivity (Wildman–Crippen MR) is 99.3 cm³/mol. The van der Waals surface area contributed by atoms with E-state index in [1.807, 2.05) is 11.8 Å². The Morgan fingerprint density at radius 3 is 2.12 bits per heavy atom. The molecule has 0 bridgehead atoms. The molecular weight excluding hydrogens is 320 g/mol. The van der Waals surface area contributed by atoms with Gasteiger partial charge >= 0.3 is 0 Å². The van der Waals surface area contributed by atoms with E-state index in [4.69, 9.17) is 0 Å². The van der Waals surface area contributed by atoms with Crippen LogP contribution < -0.4 is 5.32 Å². The summed E-state index contributed by atoms with van der Waals surface area (Å²) < 4.78 is 0. The lowest BCUT2D eigenvalue weighted by Crippen LogP contribution is -2.44. The second kappa shape index (κ2) is 12.6. The number of nitrogens with one attached hydrogen (secondary N) is 1. The van der Waals surface area contributed by atoms with Gasteiger partial charge in [0.25, 0.3) is 0 Å². The number of aliphatic hydroxyl groups is 3. The van der Waals surface area contributed by atoms with E-state index in [9.17, 15) is 20.1 Å². The summed E-state index contributed by atoms with van der Waals surface area (Å²) in [6.45, 7) is 5.30. The number of hydrogen-bond donors (Lipinski definition) is 4. The fourth-order valence-corrected chi connectivity index (χ4v) is 3.65. The Balaban J connectivity index is 2.49. The first-order valence-corrected chi connectivity index (χ1v) is 10.1. The minimum atomic E-state index is -1.00. The highest BCUT2D eigenvalue weighted by Gasteiger charge is 2.47. The summed E-state index contributed by atoms with van der Waals surface area (Å²) in [4.78, 5) is 14.0. The summed E-state index contributed by atoms with van der Waals surface area (Å²) in [6, 6.07) is -0.914. The van der Waals surface area contributed by atoms with Crippen LogP contribution in [0.15, 0.2) is 0 Å². The Kier molecular flexibility index (Phi) is 11.3. The highest BCUT2D eigenvalue weighted by molar-refractivity contribution is 5.76. The fourth-order valence-electron chi connectivity index (χ4n) is 3.65. The average molecular weight is 359 g/mol. The first-order valence-electron chi connectivity index (χ1n) is 10.1. The summed E-state index contributed by atoms with van der Waals surface area (Å²) in [5.74, 6) is -0.110. The summed E-state index contributed by atoms with van der Waals surface area (Å²) in [6.07, 6.45) is 7.30. The number of nitrogens with zero attached hydrogens (tertiary/aromatic N) is 1. The smallest absolute Gasteiger partial charge is 0.221 e. The van der Waals surface area contributed by atoms with Crippen LogP contribution in [0.1, 0.15) is 71.6 Å². The van der Waals surface area contributed by atoms with Crippen molar-refractivity contribution >= 4 is 5.91 Å². The standard InChI is InChI=1S/C19H38N2O4/c1-3-5-6-7-8-9-10-12-21-15(13-17(23)20-11-4-2)18(24)19(25)16(21)14-22/h15-16,18-19,22,24-25H,3-14H2,1-2H3,(H,20,23)/t15-,16-,18+,19-/m1/s1. The van der Waals surface area contributed by atoms with Crippen LogP contribution in [0.25, 0.3) is 0 Å². The van der Waals surface area contributed by atoms with Gasteiger partial charge in [0.2, 0.25) is 5.91 Å². The number of carbonyl (C=O) groups excluding carboxylic acids is 1. The third-order valence-corrected chi connectivity index (χ3v) is 5.16. The molecule has 1 heterocycles. The average Bonchev–Trinajstić information content (AvgIpc) is 2.83. The van der Waals surface area contributed by atoms with Gasteiger partial charge in [-0.25, -0.2) is 0 Å². The van der Waals surface area contributed by atoms with Crippen LogP contribution in [0, 0.1) is 0 Å².